The van der Waals surface area contributed by atoms with Crippen LogP contribution in [-0.2, 0) is 21.3 Å². The van der Waals surface area contributed by atoms with Gasteiger partial charge in [-0.25, -0.2) is 0 Å². The van der Waals surface area contributed by atoms with E-state index in [0.29, 0.717) is 13.2 Å². The standard InChI is InChI=1S/C23H24O2/c1-16-12-18-13-23(14-24-2,15-25-3)20-11-7-10-19(22(18)20)21(16)17-8-5-4-6-9-17/h4-12H,13-15H2,1-3H3. The highest BCUT2D eigenvalue weighted by atomic mass is 16.5. The Labute approximate surface area is 149 Å². The summed E-state index contributed by atoms with van der Waals surface area (Å²) in [4.78, 5) is 0. The average Bonchev–Trinajstić information content (AvgIpc) is 2.91. The number of hydrogen-bond donors (Lipinski definition) is 0. The molecule has 1 aliphatic rings. The Morgan fingerprint density at radius 2 is 1.64 bits per heavy atom. The zero-order valence-corrected chi connectivity index (χ0v) is 15.1. The van der Waals surface area contributed by atoms with Crippen LogP contribution < -0.4 is 0 Å². The molecule has 3 aromatic carbocycles. The van der Waals surface area contributed by atoms with Gasteiger partial charge in [-0.3, -0.25) is 0 Å². The fourth-order valence-electron chi connectivity index (χ4n) is 4.61. The van der Waals surface area contributed by atoms with E-state index in [9.17, 15) is 0 Å². The molecule has 3 aromatic rings. The molecule has 0 bridgehead atoms. The van der Waals surface area contributed by atoms with Gasteiger partial charge in [0.1, 0.15) is 0 Å². The van der Waals surface area contributed by atoms with Gasteiger partial charge < -0.3 is 9.47 Å². The third-order valence-corrected chi connectivity index (χ3v) is 5.44. The third-order valence-electron chi connectivity index (χ3n) is 5.44. The van der Waals surface area contributed by atoms with E-state index in [1.807, 2.05) is 0 Å². The Morgan fingerprint density at radius 1 is 0.920 bits per heavy atom. The minimum absolute atomic E-state index is 0.0902. The van der Waals surface area contributed by atoms with E-state index >= 15 is 0 Å². The highest BCUT2D eigenvalue weighted by molar-refractivity contribution is 6.03. The zero-order chi connectivity index (χ0) is 17.4. The molecule has 0 saturated carbocycles. The van der Waals surface area contributed by atoms with Crippen molar-refractivity contribution in [3.63, 3.8) is 0 Å². The lowest BCUT2D eigenvalue weighted by Gasteiger charge is -2.29. The largest absolute Gasteiger partial charge is 0.384 e. The molecule has 0 heterocycles. The van der Waals surface area contributed by atoms with Crippen molar-refractivity contribution in [2.75, 3.05) is 27.4 Å². The van der Waals surface area contributed by atoms with Crippen LogP contribution in [0.15, 0.2) is 54.6 Å². The first-order valence-corrected chi connectivity index (χ1v) is 8.79. The molecule has 0 saturated heterocycles. The molecule has 2 heteroatoms. The number of rotatable bonds is 5. The first-order valence-electron chi connectivity index (χ1n) is 8.79. The van der Waals surface area contributed by atoms with Crippen molar-refractivity contribution in [2.24, 2.45) is 0 Å². The predicted octanol–water partition coefficient (Wildman–Crippen LogP) is 4.90. The summed E-state index contributed by atoms with van der Waals surface area (Å²) >= 11 is 0. The molecule has 0 N–H and O–H groups in total. The van der Waals surface area contributed by atoms with Crippen LogP contribution in [0.25, 0.3) is 21.9 Å². The summed E-state index contributed by atoms with van der Waals surface area (Å²) in [6.07, 6.45) is 0.973. The molecule has 0 aromatic heterocycles. The second kappa shape index (κ2) is 6.29. The van der Waals surface area contributed by atoms with Crippen molar-refractivity contribution in [1.29, 1.82) is 0 Å². The Morgan fingerprint density at radius 3 is 2.32 bits per heavy atom. The van der Waals surface area contributed by atoms with Crippen LogP contribution in [0.2, 0.25) is 0 Å². The first kappa shape index (κ1) is 16.3. The summed E-state index contributed by atoms with van der Waals surface area (Å²) in [5, 5.41) is 2.73. The highest BCUT2D eigenvalue weighted by Gasteiger charge is 2.40. The average molecular weight is 332 g/mol. The zero-order valence-electron chi connectivity index (χ0n) is 15.1. The highest BCUT2D eigenvalue weighted by Crippen LogP contribution is 2.46. The minimum Gasteiger partial charge on any atom is -0.384 e. The van der Waals surface area contributed by atoms with Gasteiger partial charge in [0, 0.05) is 19.6 Å². The summed E-state index contributed by atoms with van der Waals surface area (Å²) in [5.41, 5.74) is 6.63. The van der Waals surface area contributed by atoms with Gasteiger partial charge in [0.15, 0.2) is 0 Å². The van der Waals surface area contributed by atoms with Gasteiger partial charge in [-0.2, -0.15) is 0 Å². The van der Waals surface area contributed by atoms with Crippen molar-refractivity contribution in [3.05, 3.63) is 71.3 Å². The van der Waals surface area contributed by atoms with Gasteiger partial charge in [-0.05, 0) is 51.9 Å². The SMILES string of the molecule is COCC1(COC)Cc2cc(C)c(-c3ccccc3)c3cccc1c23. The van der Waals surface area contributed by atoms with E-state index in [4.69, 9.17) is 9.47 Å². The number of ether oxygens (including phenoxy) is 2. The fraction of sp³-hybridized carbons (Fsp3) is 0.304. The van der Waals surface area contributed by atoms with Crippen molar-refractivity contribution in [1.82, 2.24) is 0 Å². The van der Waals surface area contributed by atoms with Crippen molar-refractivity contribution in [2.45, 2.75) is 18.8 Å². The lowest BCUT2D eigenvalue weighted by Crippen LogP contribution is -2.36. The van der Waals surface area contributed by atoms with E-state index in [1.165, 1.54) is 38.6 Å². The van der Waals surface area contributed by atoms with Crippen LogP contribution in [-0.4, -0.2) is 27.4 Å². The van der Waals surface area contributed by atoms with Crippen LogP contribution in [0.1, 0.15) is 16.7 Å². The van der Waals surface area contributed by atoms with Crippen LogP contribution in [0, 0.1) is 6.92 Å². The summed E-state index contributed by atoms with van der Waals surface area (Å²) in [6, 6.07) is 19.7. The van der Waals surface area contributed by atoms with E-state index in [0.717, 1.165) is 6.42 Å². The van der Waals surface area contributed by atoms with Gasteiger partial charge in [0.05, 0.1) is 13.2 Å². The van der Waals surface area contributed by atoms with E-state index in [-0.39, 0.29) is 5.41 Å². The van der Waals surface area contributed by atoms with Gasteiger partial charge >= 0.3 is 0 Å². The lowest BCUT2D eigenvalue weighted by molar-refractivity contribution is 0.0623. The monoisotopic (exact) mass is 332 g/mol. The molecule has 25 heavy (non-hydrogen) atoms. The number of aryl methyl sites for hydroxylation is 1. The summed E-state index contributed by atoms with van der Waals surface area (Å²) < 4.78 is 11.2. The second-order valence-electron chi connectivity index (χ2n) is 7.14. The molecule has 0 unspecified atom stereocenters. The Balaban J connectivity index is 2.01. The molecule has 0 amide bonds. The van der Waals surface area contributed by atoms with Gasteiger partial charge in [0.25, 0.3) is 0 Å². The van der Waals surface area contributed by atoms with E-state index in [1.54, 1.807) is 14.2 Å². The maximum atomic E-state index is 5.61. The first-order chi connectivity index (χ1) is 12.2. The molecule has 0 radical (unpaired) electrons. The van der Waals surface area contributed by atoms with Gasteiger partial charge in [0.2, 0.25) is 0 Å². The molecule has 2 nitrogen and oxygen atoms in total. The Hall–Kier alpha value is -2.16. The normalized spacial score (nSPS) is 15.0. The van der Waals surface area contributed by atoms with Gasteiger partial charge in [-0.15, -0.1) is 0 Å². The molecule has 4 rings (SSSR count). The predicted molar refractivity (Wildman–Crippen MR) is 103 cm³/mol. The number of hydrogen-bond acceptors (Lipinski definition) is 2. The van der Waals surface area contributed by atoms with Crippen molar-refractivity contribution < 1.29 is 9.47 Å². The maximum Gasteiger partial charge on any atom is 0.0584 e. The summed E-state index contributed by atoms with van der Waals surface area (Å²) in [5.74, 6) is 0. The smallest absolute Gasteiger partial charge is 0.0584 e. The molecule has 0 aliphatic heterocycles. The van der Waals surface area contributed by atoms with Crippen molar-refractivity contribution in [3.8, 4) is 11.1 Å². The van der Waals surface area contributed by atoms with Crippen LogP contribution in [0.5, 0.6) is 0 Å². The van der Waals surface area contributed by atoms with Crippen LogP contribution in [0.3, 0.4) is 0 Å². The molecule has 128 valence electrons. The quantitative estimate of drug-likeness (QED) is 0.661. The summed E-state index contributed by atoms with van der Waals surface area (Å²) in [7, 11) is 3.56. The topological polar surface area (TPSA) is 18.5 Å². The molecule has 0 spiro atoms. The van der Waals surface area contributed by atoms with Crippen molar-refractivity contribution >= 4 is 10.8 Å². The van der Waals surface area contributed by atoms with E-state index < -0.39 is 0 Å². The molecular formula is C23H24O2. The Bertz CT molecular complexity index is 906. The molecule has 0 fully saturated rings. The lowest BCUT2D eigenvalue weighted by atomic mass is 9.82. The number of methoxy groups -OCH3 is 2. The summed E-state index contributed by atoms with van der Waals surface area (Å²) in [6.45, 7) is 3.57. The number of benzene rings is 3. The van der Waals surface area contributed by atoms with E-state index in [2.05, 4.69) is 61.5 Å². The van der Waals surface area contributed by atoms with Crippen LogP contribution >= 0.6 is 0 Å². The minimum atomic E-state index is -0.0902. The third kappa shape index (κ3) is 2.48. The van der Waals surface area contributed by atoms with Crippen LogP contribution in [0.4, 0.5) is 0 Å². The fourth-order valence-corrected chi connectivity index (χ4v) is 4.61. The Kier molecular flexibility index (Phi) is 4.10. The molecule has 0 atom stereocenters. The van der Waals surface area contributed by atoms with Gasteiger partial charge in [-0.1, -0.05) is 54.6 Å². The molecule has 1 aliphatic carbocycles. The molecular weight excluding hydrogens is 308 g/mol. The second-order valence-corrected chi connectivity index (χ2v) is 7.14. The maximum absolute atomic E-state index is 5.61.